The molecule has 0 heterocycles. The van der Waals surface area contributed by atoms with Gasteiger partial charge in [0.1, 0.15) is 0 Å². The van der Waals surface area contributed by atoms with Gasteiger partial charge in [-0.2, -0.15) is 0 Å². The van der Waals surface area contributed by atoms with Gasteiger partial charge in [-0.05, 0) is 32.2 Å². The van der Waals surface area contributed by atoms with Crippen LogP contribution < -0.4 is 5.32 Å². The van der Waals surface area contributed by atoms with E-state index >= 15 is 0 Å². The number of aliphatic hydroxyl groups is 1. The standard InChI is InChI=1S/C8H17NO/c1-7(6-10)9-5-8-3-2-4-8/h7-10H,2-6H2,1H3/t7-/m1/s1. The fourth-order valence-corrected chi connectivity index (χ4v) is 1.13. The summed E-state index contributed by atoms with van der Waals surface area (Å²) in [7, 11) is 0. The molecule has 1 fully saturated rings. The normalized spacial score (nSPS) is 22.2. The van der Waals surface area contributed by atoms with E-state index in [2.05, 4.69) is 5.32 Å². The second kappa shape index (κ2) is 3.94. The average Bonchev–Trinajstić information content (AvgIpc) is 1.84. The molecule has 0 radical (unpaired) electrons. The Hall–Kier alpha value is -0.0800. The maximum atomic E-state index is 8.68. The molecule has 0 amide bonds. The lowest BCUT2D eigenvalue weighted by Gasteiger charge is -2.26. The molecule has 0 aromatic rings. The lowest BCUT2D eigenvalue weighted by atomic mass is 9.85. The van der Waals surface area contributed by atoms with E-state index in [0.29, 0.717) is 0 Å². The second-order valence-electron chi connectivity index (χ2n) is 3.29. The van der Waals surface area contributed by atoms with Crippen LogP contribution in [-0.2, 0) is 0 Å². The highest BCUT2D eigenvalue weighted by molar-refractivity contribution is 4.73. The second-order valence-corrected chi connectivity index (χ2v) is 3.29. The van der Waals surface area contributed by atoms with Crippen molar-refractivity contribution in [1.82, 2.24) is 5.32 Å². The molecule has 2 heteroatoms. The fraction of sp³-hybridized carbons (Fsp3) is 1.00. The Labute approximate surface area is 62.6 Å². The molecule has 0 spiro atoms. The van der Waals surface area contributed by atoms with Crippen molar-refractivity contribution in [3.05, 3.63) is 0 Å². The van der Waals surface area contributed by atoms with Crippen molar-refractivity contribution in [3.63, 3.8) is 0 Å². The molecular weight excluding hydrogens is 126 g/mol. The van der Waals surface area contributed by atoms with Crippen molar-refractivity contribution in [3.8, 4) is 0 Å². The molecule has 60 valence electrons. The molecule has 2 N–H and O–H groups in total. The third kappa shape index (κ3) is 2.27. The van der Waals surface area contributed by atoms with Crippen LogP contribution in [0.3, 0.4) is 0 Å². The summed E-state index contributed by atoms with van der Waals surface area (Å²) >= 11 is 0. The Bertz CT molecular complexity index is 86.5. The molecule has 1 aliphatic carbocycles. The Morgan fingerprint density at radius 1 is 1.60 bits per heavy atom. The number of aliphatic hydroxyl groups excluding tert-OH is 1. The van der Waals surface area contributed by atoms with Crippen LogP contribution >= 0.6 is 0 Å². The first-order valence-corrected chi connectivity index (χ1v) is 4.17. The zero-order valence-electron chi connectivity index (χ0n) is 6.64. The number of rotatable bonds is 4. The van der Waals surface area contributed by atoms with E-state index in [1.807, 2.05) is 6.92 Å². The smallest absolute Gasteiger partial charge is 0.0581 e. The molecule has 0 aliphatic heterocycles. The highest BCUT2D eigenvalue weighted by Gasteiger charge is 2.16. The minimum absolute atomic E-state index is 0.257. The van der Waals surface area contributed by atoms with Crippen molar-refractivity contribution in [2.24, 2.45) is 5.92 Å². The highest BCUT2D eigenvalue weighted by atomic mass is 16.3. The van der Waals surface area contributed by atoms with Crippen molar-refractivity contribution in [1.29, 1.82) is 0 Å². The molecule has 0 unspecified atom stereocenters. The highest BCUT2D eigenvalue weighted by Crippen LogP contribution is 2.25. The van der Waals surface area contributed by atoms with Crippen molar-refractivity contribution < 1.29 is 5.11 Å². The third-order valence-electron chi connectivity index (χ3n) is 2.25. The van der Waals surface area contributed by atoms with Crippen LogP contribution in [0.25, 0.3) is 0 Å². The molecule has 0 saturated heterocycles. The van der Waals surface area contributed by atoms with Crippen molar-refractivity contribution in [2.75, 3.05) is 13.2 Å². The molecule has 1 aliphatic rings. The summed E-state index contributed by atoms with van der Waals surface area (Å²) in [6.45, 7) is 3.37. The van der Waals surface area contributed by atoms with Crippen molar-refractivity contribution in [2.45, 2.75) is 32.2 Å². The van der Waals surface area contributed by atoms with E-state index in [9.17, 15) is 0 Å². The lowest BCUT2D eigenvalue weighted by molar-refractivity contribution is 0.229. The van der Waals surface area contributed by atoms with Crippen LogP contribution in [0.1, 0.15) is 26.2 Å². The minimum atomic E-state index is 0.257. The van der Waals surface area contributed by atoms with Gasteiger partial charge >= 0.3 is 0 Å². The number of hydrogen-bond donors (Lipinski definition) is 2. The molecule has 0 aromatic heterocycles. The first-order chi connectivity index (χ1) is 4.83. The SMILES string of the molecule is C[C@H](CO)NCC1CCC1. The van der Waals surface area contributed by atoms with E-state index in [1.54, 1.807) is 0 Å². The monoisotopic (exact) mass is 143 g/mol. The van der Waals surface area contributed by atoms with Gasteiger partial charge in [0.15, 0.2) is 0 Å². The largest absolute Gasteiger partial charge is 0.395 e. The molecule has 2 nitrogen and oxygen atoms in total. The summed E-state index contributed by atoms with van der Waals surface area (Å²) in [4.78, 5) is 0. The fourth-order valence-electron chi connectivity index (χ4n) is 1.13. The first kappa shape index (κ1) is 8.02. The van der Waals surface area contributed by atoms with E-state index in [1.165, 1.54) is 19.3 Å². The van der Waals surface area contributed by atoms with E-state index in [-0.39, 0.29) is 12.6 Å². The Morgan fingerprint density at radius 3 is 2.70 bits per heavy atom. The topological polar surface area (TPSA) is 32.3 Å². The van der Waals surface area contributed by atoms with Crippen LogP contribution in [-0.4, -0.2) is 24.3 Å². The predicted octanol–water partition coefficient (Wildman–Crippen LogP) is 0.757. The zero-order chi connectivity index (χ0) is 7.40. The van der Waals surface area contributed by atoms with Crippen LogP contribution in [0, 0.1) is 5.92 Å². The van der Waals surface area contributed by atoms with Gasteiger partial charge in [-0.25, -0.2) is 0 Å². The molecular formula is C8H17NO. The predicted molar refractivity (Wildman–Crippen MR) is 41.9 cm³/mol. The lowest BCUT2D eigenvalue weighted by Crippen LogP contribution is -2.35. The van der Waals surface area contributed by atoms with Gasteiger partial charge < -0.3 is 10.4 Å². The maximum Gasteiger partial charge on any atom is 0.0581 e. The number of hydrogen-bond acceptors (Lipinski definition) is 2. The maximum absolute atomic E-state index is 8.68. The van der Waals surface area contributed by atoms with Crippen molar-refractivity contribution >= 4 is 0 Å². The number of nitrogens with one attached hydrogen (secondary N) is 1. The molecule has 1 rings (SSSR count). The van der Waals surface area contributed by atoms with Crippen LogP contribution in [0.5, 0.6) is 0 Å². The van der Waals surface area contributed by atoms with Gasteiger partial charge in [0.05, 0.1) is 6.61 Å². The van der Waals surface area contributed by atoms with E-state index in [4.69, 9.17) is 5.11 Å². The summed E-state index contributed by atoms with van der Waals surface area (Å²) in [5.74, 6) is 0.897. The van der Waals surface area contributed by atoms with Crippen LogP contribution in [0.15, 0.2) is 0 Å². The van der Waals surface area contributed by atoms with E-state index in [0.717, 1.165) is 12.5 Å². The Kier molecular flexibility index (Phi) is 3.16. The minimum Gasteiger partial charge on any atom is -0.395 e. The van der Waals surface area contributed by atoms with Crippen LogP contribution in [0.2, 0.25) is 0 Å². The Morgan fingerprint density at radius 2 is 2.30 bits per heavy atom. The van der Waals surface area contributed by atoms with E-state index < -0.39 is 0 Å². The molecule has 1 saturated carbocycles. The average molecular weight is 143 g/mol. The summed E-state index contributed by atoms with van der Waals surface area (Å²) in [6.07, 6.45) is 4.16. The van der Waals surface area contributed by atoms with Gasteiger partial charge in [-0.15, -0.1) is 0 Å². The van der Waals surface area contributed by atoms with Gasteiger partial charge in [-0.3, -0.25) is 0 Å². The summed E-state index contributed by atoms with van der Waals surface area (Å²) < 4.78 is 0. The first-order valence-electron chi connectivity index (χ1n) is 4.17. The van der Waals surface area contributed by atoms with Gasteiger partial charge in [-0.1, -0.05) is 6.42 Å². The third-order valence-corrected chi connectivity index (χ3v) is 2.25. The summed E-state index contributed by atoms with van der Waals surface area (Å²) in [5, 5.41) is 12.0. The molecule has 1 atom stereocenters. The molecule has 0 aromatic carbocycles. The quantitative estimate of drug-likeness (QED) is 0.609. The molecule has 10 heavy (non-hydrogen) atoms. The van der Waals surface area contributed by atoms with Gasteiger partial charge in [0, 0.05) is 6.04 Å². The zero-order valence-corrected chi connectivity index (χ0v) is 6.64. The van der Waals surface area contributed by atoms with Gasteiger partial charge in [0.25, 0.3) is 0 Å². The summed E-state index contributed by atoms with van der Waals surface area (Å²) in [6, 6.07) is 0.278. The van der Waals surface area contributed by atoms with Gasteiger partial charge in [0.2, 0.25) is 0 Å². The Balaban J connectivity index is 1.93. The molecule has 0 bridgehead atoms. The van der Waals surface area contributed by atoms with Crippen LogP contribution in [0.4, 0.5) is 0 Å². The summed E-state index contributed by atoms with van der Waals surface area (Å²) in [5.41, 5.74) is 0.